The molecule has 0 radical (unpaired) electrons. The number of benzene rings is 1. The Bertz CT molecular complexity index is 815. The number of halogens is 1. The number of amides is 1. The van der Waals surface area contributed by atoms with E-state index >= 15 is 0 Å². The number of carbonyl (C=O) groups is 2. The minimum atomic E-state index is -0.906. The van der Waals surface area contributed by atoms with E-state index in [0.29, 0.717) is 13.0 Å². The van der Waals surface area contributed by atoms with Crippen LogP contribution in [0.2, 0.25) is 0 Å². The number of aliphatic carboxylic acids is 1. The van der Waals surface area contributed by atoms with Gasteiger partial charge in [0, 0.05) is 24.3 Å². The topological polar surface area (TPSA) is 75.4 Å². The highest BCUT2D eigenvalue weighted by atomic mass is 19.1. The molecule has 24 heavy (non-hydrogen) atoms. The van der Waals surface area contributed by atoms with Gasteiger partial charge in [0.1, 0.15) is 11.5 Å². The van der Waals surface area contributed by atoms with Crippen LogP contribution >= 0.6 is 0 Å². The number of hydrogen-bond donors (Lipinski definition) is 1. The average Bonchev–Trinajstić information content (AvgIpc) is 3.13. The zero-order chi connectivity index (χ0) is 17.4. The summed E-state index contributed by atoms with van der Waals surface area (Å²) in [6, 6.07) is 6.09. The van der Waals surface area contributed by atoms with Gasteiger partial charge in [-0.2, -0.15) is 5.10 Å². The second-order valence-corrected chi connectivity index (χ2v) is 6.08. The Morgan fingerprint density at radius 1 is 1.29 bits per heavy atom. The number of aromatic nitrogens is 2. The third-order valence-electron chi connectivity index (χ3n) is 4.26. The predicted octanol–water partition coefficient (Wildman–Crippen LogP) is 2.17. The molecule has 0 bridgehead atoms. The standard InChI is InChI=1S/C17H18FN3O3/c1-10-7-11(2)21(19-10)15-4-3-12(8-14(15)18)16(22)20-6-5-13(9-20)17(23)24/h3-4,7-8,13H,5-6,9H2,1-2H3,(H,23,24). The maximum Gasteiger partial charge on any atom is 0.308 e. The molecule has 1 aromatic heterocycles. The molecular formula is C17H18FN3O3. The fraction of sp³-hybridized carbons (Fsp3) is 0.353. The zero-order valence-corrected chi connectivity index (χ0v) is 13.5. The molecule has 0 saturated carbocycles. The summed E-state index contributed by atoms with van der Waals surface area (Å²) >= 11 is 0. The molecule has 1 aliphatic heterocycles. The Hall–Kier alpha value is -2.70. The van der Waals surface area contributed by atoms with Crippen molar-refractivity contribution in [3.63, 3.8) is 0 Å². The van der Waals surface area contributed by atoms with Gasteiger partial charge >= 0.3 is 5.97 Å². The van der Waals surface area contributed by atoms with E-state index in [1.807, 2.05) is 19.9 Å². The second-order valence-electron chi connectivity index (χ2n) is 6.08. The average molecular weight is 331 g/mol. The molecule has 2 aromatic rings. The monoisotopic (exact) mass is 331 g/mol. The zero-order valence-electron chi connectivity index (χ0n) is 13.5. The number of hydrogen-bond acceptors (Lipinski definition) is 3. The Labute approximate surface area is 138 Å². The molecule has 7 heteroatoms. The van der Waals surface area contributed by atoms with Crippen LogP contribution in [0.5, 0.6) is 0 Å². The molecule has 1 unspecified atom stereocenters. The highest BCUT2D eigenvalue weighted by Gasteiger charge is 2.31. The van der Waals surface area contributed by atoms with Gasteiger partial charge in [0.15, 0.2) is 0 Å². The number of carboxylic acids is 1. The van der Waals surface area contributed by atoms with Crippen molar-refractivity contribution >= 4 is 11.9 Å². The van der Waals surface area contributed by atoms with E-state index in [9.17, 15) is 14.0 Å². The summed E-state index contributed by atoms with van der Waals surface area (Å²) < 4.78 is 15.9. The van der Waals surface area contributed by atoms with Crippen LogP contribution < -0.4 is 0 Å². The number of carbonyl (C=O) groups excluding carboxylic acids is 1. The van der Waals surface area contributed by atoms with Crippen molar-refractivity contribution in [2.45, 2.75) is 20.3 Å². The molecule has 1 saturated heterocycles. The highest BCUT2D eigenvalue weighted by molar-refractivity contribution is 5.95. The molecule has 0 aliphatic carbocycles. The lowest BCUT2D eigenvalue weighted by Crippen LogP contribution is -2.30. The highest BCUT2D eigenvalue weighted by Crippen LogP contribution is 2.22. The maximum absolute atomic E-state index is 14.5. The smallest absolute Gasteiger partial charge is 0.308 e. The molecule has 0 spiro atoms. The van der Waals surface area contributed by atoms with Crippen molar-refractivity contribution in [3.8, 4) is 5.69 Å². The summed E-state index contributed by atoms with van der Waals surface area (Å²) in [5.41, 5.74) is 2.07. The molecule has 1 aliphatic rings. The molecule has 1 amide bonds. The summed E-state index contributed by atoms with van der Waals surface area (Å²) in [7, 11) is 0. The lowest BCUT2D eigenvalue weighted by Gasteiger charge is -2.16. The van der Waals surface area contributed by atoms with Crippen molar-refractivity contribution < 1.29 is 19.1 Å². The fourth-order valence-corrected chi connectivity index (χ4v) is 3.01. The first-order valence-corrected chi connectivity index (χ1v) is 7.72. The maximum atomic E-state index is 14.5. The fourth-order valence-electron chi connectivity index (χ4n) is 3.01. The van der Waals surface area contributed by atoms with Crippen LogP contribution in [-0.2, 0) is 4.79 Å². The van der Waals surface area contributed by atoms with Crippen LogP contribution in [0.1, 0.15) is 28.2 Å². The first-order valence-electron chi connectivity index (χ1n) is 7.72. The van der Waals surface area contributed by atoms with Crippen LogP contribution in [0.4, 0.5) is 4.39 Å². The molecule has 2 heterocycles. The van der Waals surface area contributed by atoms with Crippen molar-refractivity contribution in [2.24, 2.45) is 5.92 Å². The molecule has 1 N–H and O–H groups in total. The van der Waals surface area contributed by atoms with Gasteiger partial charge in [-0.1, -0.05) is 0 Å². The van der Waals surface area contributed by atoms with Gasteiger partial charge in [-0.25, -0.2) is 9.07 Å². The van der Waals surface area contributed by atoms with Gasteiger partial charge in [-0.05, 0) is 44.5 Å². The van der Waals surface area contributed by atoms with Crippen LogP contribution in [0.3, 0.4) is 0 Å². The van der Waals surface area contributed by atoms with Gasteiger partial charge < -0.3 is 10.0 Å². The third-order valence-corrected chi connectivity index (χ3v) is 4.26. The van der Waals surface area contributed by atoms with E-state index < -0.39 is 17.7 Å². The molecule has 126 valence electrons. The lowest BCUT2D eigenvalue weighted by atomic mass is 10.1. The quantitative estimate of drug-likeness (QED) is 0.935. The summed E-state index contributed by atoms with van der Waals surface area (Å²) in [6.45, 7) is 4.19. The Morgan fingerprint density at radius 3 is 2.58 bits per heavy atom. The van der Waals surface area contributed by atoms with Crippen molar-refractivity contribution in [2.75, 3.05) is 13.1 Å². The molecular weight excluding hydrogens is 313 g/mol. The largest absolute Gasteiger partial charge is 0.481 e. The molecule has 1 atom stereocenters. The van der Waals surface area contributed by atoms with Crippen LogP contribution in [-0.4, -0.2) is 44.8 Å². The van der Waals surface area contributed by atoms with Gasteiger partial charge in [-0.15, -0.1) is 0 Å². The van der Waals surface area contributed by atoms with Crippen LogP contribution in [0.25, 0.3) is 5.69 Å². The van der Waals surface area contributed by atoms with E-state index in [2.05, 4.69) is 5.10 Å². The predicted molar refractivity (Wildman–Crippen MR) is 84.6 cm³/mol. The first-order chi connectivity index (χ1) is 11.4. The van der Waals surface area contributed by atoms with Crippen molar-refractivity contribution in [3.05, 3.63) is 47.0 Å². The van der Waals surface area contributed by atoms with Crippen molar-refractivity contribution in [1.29, 1.82) is 0 Å². The van der Waals surface area contributed by atoms with E-state index in [-0.39, 0.29) is 23.7 Å². The molecule has 1 fully saturated rings. The van der Waals surface area contributed by atoms with Crippen molar-refractivity contribution in [1.82, 2.24) is 14.7 Å². The number of rotatable bonds is 3. The lowest BCUT2D eigenvalue weighted by molar-refractivity contribution is -0.141. The molecule has 3 rings (SSSR count). The van der Waals surface area contributed by atoms with Crippen LogP contribution in [0, 0.1) is 25.6 Å². The summed E-state index contributed by atoms with van der Waals surface area (Å²) in [5.74, 6) is -2.34. The van der Waals surface area contributed by atoms with Gasteiger partial charge in [0.2, 0.25) is 0 Å². The van der Waals surface area contributed by atoms with E-state index in [4.69, 9.17) is 5.11 Å². The minimum absolute atomic E-state index is 0.162. The van der Waals surface area contributed by atoms with E-state index in [1.165, 1.54) is 21.7 Å². The van der Waals surface area contributed by atoms with Gasteiger partial charge in [-0.3, -0.25) is 9.59 Å². The summed E-state index contributed by atoms with van der Waals surface area (Å²) in [6.07, 6.45) is 0.424. The number of aryl methyl sites for hydroxylation is 2. The number of likely N-dealkylation sites (tertiary alicyclic amines) is 1. The first kappa shape index (κ1) is 16.2. The molecule has 1 aromatic carbocycles. The van der Waals surface area contributed by atoms with Gasteiger partial charge in [0.05, 0.1) is 11.6 Å². The summed E-state index contributed by atoms with van der Waals surface area (Å²) in [5, 5.41) is 13.2. The van der Waals surface area contributed by atoms with Gasteiger partial charge in [0.25, 0.3) is 5.91 Å². The Morgan fingerprint density at radius 2 is 2.04 bits per heavy atom. The minimum Gasteiger partial charge on any atom is -0.481 e. The summed E-state index contributed by atoms with van der Waals surface area (Å²) in [4.78, 5) is 24.9. The van der Waals surface area contributed by atoms with E-state index in [0.717, 1.165) is 11.4 Å². The Kier molecular flexibility index (Phi) is 4.09. The third kappa shape index (κ3) is 2.89. The molecule has 6 nitrogen and oxygen atoms in total. The van der Waals surface area contributed by atoms with E-state index in [1.54, 1.807) is 6.07 Å². The number of carboxylic acid groups (broad SMARTS) is 1. The SMILES string of the molecule is Cc1cc(C)n(-c2ccc(C(=O)N3CCC(C(=O)O)C3)cc2F)n1. The number of nitrogens with zero attached hydrogens (tertiary/aromatic N) is 3. The normalized spacial score (nSPS) is 17.3. The Balaban J connectivity index is 1.84. The second kappa shape index (κ2) is 6.07. The van der Waals surface area contributed by atoms with Crippen LogP contribution in [0.15, 0.2) is 24.3 Å².